The molecule has 0 atom stereocenters. The molecule has 1 aromatic carbocycles. The molecule has 94 valence electrons. The Morgan fingerprint density at radius 3 is 2.82 bits per heavy atom. The Labute approximate surface area is 109 Å². The number of nitrogens with one attached hydrogen (secondary N) is 1. The van der Waals surface area contributed by atoms with Crippen LogP contribution in [0.3, 0.4) is 0 Å². The van der Waals surface area contributed by atoms with Gasteiger partial charge in [0.1, 0.15) is 12.4 Å². The van der Waals surface area contributed by atoms with E-state index < -0.39 is 0 Å². The van der Waals surface area contributed by atoms with Crippen LogP contribution in [-0.4, -0.2) is 12.6 Å². The highest BCUT2D eigenvalue weighted by molar-refractivity contribution is 6.31. The highest BCUT2D eigenvalue weighted by Gasteiger charge is 2.08. The van der Waals surface area contributed by atoms with Crippen molar-refractivity contribution in [2.24, 2.45) is 0 Å². The third kappa shape index (κ3) is 4.80. The van der Waals surface area contributed by atoms with Gasteiger partial charge in [-0.2, -0.15) is 0 Å². The van der Waals surface area contributed by atoms with Gasteiger partial charge in [-0.1, -0.05) is 43.7 Å². The van der Waals surface area contributed by atoms with E-state index in [-0.39, 0.29) is 0 Å². The van der Waals surface area contributed by atoms with Gasteiger partial charge in [-0.3, -0.25) is 0 Å². The van der Waals surface area contributed by atoms with Crippen LogP contribution in [0.2, 0.25) is 5.02 Å². The second-order valence-electron chi connectivity index (χ2n) is 4.13. The third-order valence-electron chi connectivity index (χ3n) is 2.33. The molecule has 17 heavy (non-hydrogen) atoms. The molecule has 0 spiro atoms. The first-order valence-electron chi connectivity index (χ1n) is 5.90. The second kappa shape index (κ2) is 7.36. The molecule has 0 aliphatic heterocycles. The van der Waals surface area contributed by atoms with Gasteiger partial charge in [-0.15, -0.1) is 0 Å². The summed E-state index contributed by atoms with van der Waals surface area (Å²) in [6.45, 7) is 7.49. The number of hydrogen-bond acceptors (Lipinski definition) is 2. The van der Waals surface area contributed by atoms with Gasteiger partial charge >= 0.3 is 0 Å². The lowest BCUT2D eigenvalue weighted by Gasteiger charge is -2.14. The van der Waals surface area contributed by atoms with E-state index in [1.54, 1.807) is 0 Å². The lowest BCUT2D eigenvalue weighted by atomic mass is 10.2. The van der Waals surface area contributed by atoms with Crippen LogP contribution in [0, 0.1) is 0 Å². The largest absolute Gasteiger partial charge is 0.489 e. The molecule has 0 aliphatic carbocycles. The first-order valence-corrected chi connectivity index (χ1v) is 6.27. The zero-order valence-corrected chi connectivity index (χ0v) is 11.4. The maximum absolute atomic E-state index is 6.19. The van der Waals surface area contributed by atoms with E-state index in [0.717, 1.165) is 22.9 Å². The van der Waals surface area contributed by atoms with Crippen molar-refractivity contribution < 1.29 is 4.74 Å². The molecule has 3 heteroatoms. The van der Waals surface area contributed by atoms with Gasteiger partial charge in [0.2, 0.25) is 0 Å². The van der Waals surface area contributed by atoms with Gasteiger partial charge in [0.15, 0.2) is 0 Å². The average Bonchev–Trinajstić information content (AvgIpc) is 2.28. The fourth-order valence-corrected chi connectivity index (χ4v) is 1.62. The molecular weight excluding hydrogens is 234 g/mol. The molecule has 2 nitrogen and oxygen atoms in total. The summed E-state index contributed by atoms with van der Waals surface area (Å²) in [5.41, 5.74) is 1.02. The van der Waals surface area contributed by atoms with Crippen molar-refractivity contribution in [3.05, 3.63) is 40.9 Å². The SMILES string of the molecule is C/C=C/COc1cccc(Cl)c1CNC(C)C. The minimum Gasteiger partial charge on any atom is -0.489 e. The summed E-state index contributed by atoms with van der Waals surface area (Å²) in [5.74, 6) is 0.851. The van der Waals surface area contributed by atoms with E-state index in [2.05, 4.69) is 19.2 Å². The second-order valence-corrected chi connectivity index (χ2v) is 4.54. The molecule has 1 aromatic rings. The van der Waals surface area contributed by atoms with Crippen molar-refractivity contribution in [2.45, 2.75) is 33.4 Å². The highest BCUT2D eigenvalue weighted by Crippen LogP contribution is 2.26. The molecule has 0 saturated heterocycles. The van der Waals surface area contributed by atoms with Crippen molar-refractivity contribution >= 4 is 11.6 Å². The Bertz CT molecular complexity index is 374. The average molecular weight is 254 g/mol. The summed E-state index contributed by atoms with van der Waals surface area (Å²) in [6, 6.07) is 6.18. The summed E-state index contributed by atoms with van der Waals surface area (Å²) in [4.78, 5) is 0. The Balaban J connectivity index is 2.76. The molecule has 0 fully saturated rings. The van der Waals surface area contributed by atoms with E-state index in [9.17, 15) is 0 Å². The van der Waals surface area contributed by atoms with Gasteiger partial charge in [0, 0.05) is 23.2 Å². The van der Waals surface area contributed by atoms with Gasteiger partial charge in [0.25, 0.3) is 0 Å². The number of hydrogen-bond donors (Lipinski definition) is 1. The Hall–Kier alpha value is -0.990. The molecule has 1 N–H and O–H groups in total. The number of halogens is 1. The highest BCUT2D eigenvalue weighted by atomic mass is 35.5. The lowest BCUT2D eigenvalue weighted by Crippen LogP contribution is -2.22. The topological polar surface area (TPSA) is 21.3 Å². The number of ether oxygens (including phenoxy) is 1. The van der Waals surface area contributed by atoms with Crippen LogP contribution < -0.4 is 10.1 Å². The van der Waals surface area contributed by atoms with Gasteiger partial charge in [0.05, 0.1) is 0 Å². The zero-order chi connectivity index (χ0) is 12.7. The summed E-state index contributed by atoms with van der Waals surface area (Å²) in [7, 11) is 0. The standard InChI is InChI=1S/C14H20ClNO/c1-4-5-9-17-14-8-6-7-13(15)12(14)10-16-11(2)3/h4-8,11,16H,9-10H2,1-3H3/b5-4+. The normalized spacial score (nSPS) is 11.4. The predicted octanol–water partition coefficient (Wildman–Crippen LogP) is 3.79. The lowest BCUT2D eigenvalue weighted by molar-refractivity contribution is 0.357. The Morgan fingerprint density at radius 2 is 2.18 bits per heavy atom. The monoisotopic (exact) mass is 253 g/mol. The van der Waals surface area contributed by atoms with Crippen molar-refractivity contribution in [1.29, 1.82) is 0 Å². The number of rotatable bonds is 6. The quantitative estimate of drug-likeness (QED) is 0.779. The maximum Gasteiger partial charge on any atom is 0.125 e. The van der Waals surface area contributed by atoms with Crippen molar-refractivity contribution in [1.82, 2.24) is 5.32 Å². The van der Waals surface area contributed by atoms with Crippen molar-refractivity contribution in [3.63, 3.8) is 0 Å². The molecule has 0 bridgehead atoms. The molecular formula is C14H20ClNO. The molecule has 1 rings (SSSR count). The van der Waals surface area contributed by atoms with Gasteiger partial charge in [-0.05, 0) is 19.1 Å². The summed E-state index contributed by atoms with van der Waals surface area (Å²) in [6.07, 6.45) is 3.94. The van der Waals surface area contributed by atoms with E-state index in [1.807, 2.05) is 37.3 Å². The van der Waals surface area contributed by atoms with Crippen LogP contribution in [0.4, 0.5) is 0 Å². The minimum absolute atomic E-state index is 0.426. The molecule has 0 heterocycles. The molecule has 0 saturated carbocycles. The fraction of sp³-hybridized carbons (Fsp3) is 0.429. The van der Waals surface area contributed by atoms with Gasteiger partial charge < -0.3 is 10.1 Å². The molecule has 0 aliphatic rings. The van der Waals surface area contributed by atoms with E-state index in [1.165, 1.54) is 0 Å². The van der Waals surface area contributed by atoms with Crippen LogP contribution in [0.1, 0.15) is 26.3 Å². The van der Waals surface area contributed by atoms with Crippen LogP contribution in [-0.2, 0) is 6.54 Å². The summed E-state index contributed by atoms with van der Waals surface area (Å²) < 4.78 is 5.68. The predicted molar refractivity (Wildman–Crippen MR) is 73.7 cm³/mol. The van der Waals surface area contributed by atoms with Crippen LogP contribution in [0.25, 0.3) is 0 Å². The zero-order valence-electron chi connectivity index (χ0n) is 10.7. The summed E-state index contributed by atoms with van der Waals surface area (Å²) >= 11 is 6.19. The molecule has 0 aromatic heterocycles. The first-order chi connectivity index (χ1) is 8.15. The fourth-order valence-electron chi connectivity index (χ4n) is 1.39. The number of allylic oxidation sites excluding steroid dienone is 1. The maximum atomic E-state index is 6.19. The number of benzene rings is 1. The van der Waals surface area contributed by atoms with E-state index >= 15 is 0 Å². The van der Waals surface area contributed by atoms with Crippen molar-refractivity contribution in [3.8, 4) is 5.75 Å². The van der Waals surface area contributed by atoms with Crippen LogP contribution in [0.5, 0.6) is 5.75 Å². The van der Waals surface area contributed by atoms with E-state index in [4.69, 9.17) is 16.3 Å². The van der Waals surface area contributed by atoms with Crippen LogP contribution in [0.15, 0.2) is 30.4 Å². The summed E-state index contributed by atoms with van der Waals surface area (Å²) in [5, 5.41) is 4.10. The molecule has 0 radical (unpaired) electrons. The molecule has 0 amide bonds. The van der Waals surface area contributed by atoms with Gasteiger partial charge in [-0.25, -0.2) is 0 Å². The Kier molecular flexibility index (Phi) is 6.09. The minimum atomic E-state index is 0.426. The first kappa shape index (κ1) is 14.1. The van der Waals surface area contributed by atoms with E-state index in [0.29, 0.717) is 12.6 Å². The Morgan fingerprint density at radius 1 is 1.41 bits per heavy atom. The van der Waals surface area contributed by atoms with Crippen LogP contribution >= 0.6 is 11.6 Å². The smallest absolute Gasteiger partial charge is 0.125 e. The molecule has 0 unspecified atom stereocenters. The third-order valence-corrected chi connectivity index (χ3v) is 2.69. The van der Waals surface area contributed by atoms with Crippen molar-refractivity contribution in [2.75, 3.05) is 6.61 Å².